The summed E-state index contributed by atoms with van der Waals surface area (Å²) in [5, 5.41) is 2.97. The van der Waals surface area contributed by atoms with Crippen molar-refractivity contribution in [1.82, 2.24) is 9.55 Å². The van der Waals surface area contributed by atoms with E-state index in [0.717, 1.165) is 5.69 Å². The molecule has 0 spiro atoms. The second-order valence-electron chi connectivity index (χ2n) is 5.69. The monoisotopic (exact) mass is 400 g/mol. The third-order valence-corrected chi connectivity index (χ3v) is 4.07. The molecule has 1 aromatic heterocycles. The molecule has 2 amide bonds. The maximum atomic E-state index is 12.8. The maximum Gasteiger partial charge on any atom is 0.255 e. The van der Waals surface area contributed by atoms with Crippen molar-refractivity contribution in [3.05, 3.63) is 65.7 Å². The lowest BCUT2D eigenvalue weighted by Crippen LogP contribution is -2.20. The summed E-state index contributed by atoms with van der Waals surface area (Å²) in [4.78, 5) is 27.7. The Balaban J connectivity index is 1.88. The first kappa shape index (κ1) is 19.2. The zero-order chi connectivity index (χ0) is 20.1. The fourth-order valence-electron chi connectivity index (χ4n) is 2.53. The van der Waals surface area contributed by atoms with Crippen LogP contribution in [0.15, 0.2) is 55.1 Å². The summed E-state index contributed by atoms with van der Waals surface area (Å²) in [6.45, 7) is -0.361. The van der Waals surface area contributed by atoms with E-state index in [9.17, 15) is 9.59 Å². The SMILES string of the molecule is COc1cc(C(=O)Nc2ccccc2-n2ccnc2)cc(Cl)c1OCC(N)=O. The smallest absolute Gasteiger partial charge is 0.255 e. The first-order valence-electron chi connectivity index (χ1n) is 8.17. The van der Waals surface area contributed by atoms with E-state index in [-0.39, 0.29) is 28.7 Å². The molecule has 0 bridgehead atoms. The molecule has 28 heavy (non-hydrogen) atoms. The Morgan fingerprint density at radius 2 is 2.07 bits per heavy atom. The molecule has 0 saturated heterocycles. The van der Waals surface area contributed by atoms with Crippen LogP contribution in [0, 0.1) is 0 Å². The van der Waals surface area contributed by atoms with Crippen molar-refractivity contribution in [3.63, 3.8) is 0 Å². The molecule has 1 heterocycles. The van der Waals surface area contributed by atoms with E-state index in [1.165, 1.54) is 19.2 Å². The molecular formula is C19H17ClN4O4. The van der Waals surface area contributed by atoms with Crippen LogP contribution >= 0.6 is 11.6 Å². The number of imidazole rings is 1. The van der Waals surface area contributed by atoms with Crippen molar-refractivity contribution in [2.75, 3.05) is 19.0 Å². The third-order valence-electron chi connectivity index (χ3n) is 3.79. The molecule has 0 unspecified atom stereocenters. The second-order valence-corrected chi connectivity index (χ2v) is 6.09. The van der Waals surface area contributed by atoms with E-state index < -0.39 is 11.8 Å². The fourth-order valence-corrected chi connectivity index (χ4v) is 2.80. The van der Waals surface area contributed by atoms with E-state index in [2.05, 4.69) is 10.3 Å². The number of nitrogens with zero attached hydrogens (tertiary/aromatic N) is 2. The molecular weight excluding hydrogens is 384 g/mol. The second kappa shape index (κ2) is 8.45. The van der Waals surface area contributed by atoms with Gasteiger partial charge < -0.3 is 25.1 Å². The summed E-state index contributed by atoms with van der Waals surface area (Å²) < 4.78 is 12.3. The number of rotatable bonds is 7. The molecule has 0 aliphatic rings. The van der Waals surface area contributed by atoms with Crippen molar-refractivity contribution in [1.29, 1.82) is 0 Å². The van der Waals surface area contributed by atoms with Gasteiger partial charge in [0.05, 0.1) is 29.8 Å². The van der Waals surface area contributed by atoms with Gasteiger partial charge in [-0.25, -0.2) is 4.98 Å². The lowest BCUT2D eigenvalue weighted by atomic mass is 10.1. The summed E-state index contributed by atoms with van der Waals surface area (Å²) in [6, 6.07) is 10.2. The van der Waals surface area contributed by atoms with Crippen LogP contribution in [0.3, 0.4) is 0 Å². The summed E-state index contributed by atoms with van der Waals surface area (Å²) in [5.41, 5.74) is 6.69. The molecule has 0 saturated carbocycles. The number of aromatic nitrogens is 2. The van der Waals surface area contributed by atoms with Gasteiger partial charge in [0.1, 0.15) is 0 Å². The first-order valence-corrected chi connectivity index (χ1v) is 8.54. The number of para-hydroxylation sites is 2. The minimum absolute atomic E-state index is 0.119. The Bertz CT molecular complexity index is 1010. The number of primary amides is 1. The lowest BCUT2D eigenvalue weighted by Gasteiger charge is -2.14. The molecule has 0 aliphatic carbocycles. The van der Waals surface area contributed by atoms with Crippen molar-refractivity contribution in [3.8, 4) is 17.2 Å². The zero-order valence-electron chi connectivity index (χ0n) is 14.9. The topological polar surface area (TPSA) is 108 Å². The van der Waals surface area contributed by atoms with Gasteiger partial charge >= 0.3 is 0 Å². The molecule has 8 nitrogen and oxygen atoms in total. The minimum Gasteiger partial charge on any atom is -0.493 e. The number of anilines is 1. The molecule has 0 fully saturated rings. The van der Waals surface area contributed by atoms with Crippen LogP contribution in [0.2, 0.25) is 5.02 Å². The number of halogens is 1. The number of nitrogens with one attached hydrogen (secondary N) is 1. The Kier molecular flexibility index (Phi) is 5.81. The maximum absolute atomic E-state index is 12.8. The van der Waals surface area contributed by atoms with Crippen molar-refractivity contribution >= 4 is 29.1 Å². The zero-order valence-corrected chi connectivity index (χ0v) is 15.6. The number of amides is 2. The predicted octanol–water partition coefficient (Wildman–Crippen LogP) is 2.65. The van der Waals surface area contributed by atoms with Crippen molar-refractivity contribution < 1.29 is 19.1 Å². The van der Waals surface area contributed by atoms with Crippen LogP contribution < -0.4 is 20.5 Å². The highest BCUT2D eigenvalue weighted by Crippen LogP contribution is 2.36. The number of methoxy groups -OCH3 is 1. The van der Waals surface area contributed by atoms with Gasteiger partial charge in [0.15, 0.2) is 18.1 Å². The highest BCUT2D eigenvalue weighted by atomic mass is 35.5. The molecule has 3 aromatic rings. The van der Waals surface area contributed by atoms with E-state index in [4.69, 9.17) is 26.8 Å². The lowest BCUT2D eigenvalue weighted by molar-refractivity contribution is -0.119. The molecule has 0 atom stereocenters. The van der Waals surface area contributed by atoms with Crippen LogP contribution in [0.4, 0.5) is 5.69 Å². The van der Waals surface area contributed by atoms with Crippen LogP contribution in [0.25, 0.3) is 5.69 Å². The van der Waals surface area contributed by atoms with E-state index in [1.807, 2.05) is 18.2 Å². The largest absolute Gasteiger partial charge is 0.493 e. The summed E-state index contributed by atoms with van der Waals surface area (Å²) in [6.07, 6.45) is 5.06. The van der Waals surface area contributed by atoms with Gasteiger partial charge in [-0.1, -0.05) is 23.7 Å². The number of nitrogens with two attached hydrogens (primary N) is 1. The summed E-state index contributed by atoms with van der Waals surface area (Å²) >= 11 is 6.21. The number of hydrogen-bond acceptors (Lipinski definition) is 5. The van der Waals surface area contributed by atoms with Crippen LogP contribution in [-0.4, -0.2) is 35.1 Å². The average molecular weight is 401 g/mol. The average Bonchev–Trinajstić information content (AvgIpc) is 3.21. The molecule has 0 radical (unpaired) electrons. The van der Waals surface area contributed by atoms with Gasteiger partial charge in [-0.15, -0.1) is 0 Å². The highest BCUT2D eigenvalue weighted by Gasteiger charge is 2.17. The van der Waals surface area contributed by atoms with Gasteiger partial charge in [0, 0.05) is 18.0 Å². The Hall–Kier alpha value is -3.52. The van der Waals surface area contributed by atoms with E-state index in [1.54, 1.807) is 29.4 Å². The fraction of sp³-hybridized carbons (Fsp3) is 0.105. The first-order chi connectivity index (χ1) is 13.5. The normalized spacial score (nSPS) is 10.4. The van der Waals surface area contributed by atoms with Crippen molar-refractivity contribution in [2.45, 2.75) is 0 Å². The number of hydrogen-bond donors (Lipinski definition) is 2. The van der Waals surface area contributed by atoms with Crippen molar-refractivity contribution in [2.24, 2.45) is 5.73 Å². The number of carbonyl (C=O) groups is 2. The van der Waals surface area contributed by atoms with Crippen LogP contribution in [-0.2, 0) is 4.79 Å². The highest BCUT2D eigenvalue weighted by molar-refractivity contribution is 6.32. The number of benzene rings is 2. The van der Waals surface area contributed by atoms with Gasteiger partial charge in [-0.3, -0.25) is 9.59 Å². The minimum atomic E-state index is -0.656. The Labute approximate surface area is 165 Å². The van der Waals surface area contributed by atoms with Gasteiger partial charge in [0.2, 0.25) is 0 Å². The molecule has 3 rings (SSSR count). The quantitative estimate of drug-likeness (QED) is 0.633. The molecule has 0 aliphatic heterocycles. The van der Waals surface area contributed by atoms with Crippen LogP contribution in [0.5, 0.6) is 11.5 Å². The van der Waals surface area contributed by atoms with Gasteiger partial charge in [0.25, 0.3) is 11.8 Å². The molecule has 2 aromatic carbocycles. The number of ether oxygens (including phenoxy) is 2. The summed E-state index contributed by atoms with van der Waals surface area (Å²) in [7, 11) is 1.40. The number of carbonyl (C=O) groups excluding carboxylic acids is 2. The Morgan fingerprint density at radius 3 is 2.75 bits per heavy atom. The molecule has 9 heteroatoms. The van der Waals surface area contributed by atoms with E-state index >= 15 is 0 Å². The van der Waals surface area contributed by atoms with Gasteiger partial charge in [-0.2, -0.15) is 0 Å². The molecule has 3 N–H and O–H groups in total. The predicted molar refractivity (Wildman–Crippen MR) is 104 cm³/mol. The van der Waals surface area contributed by atoms with Crippen LogP contribution in [0.1, 0.15) is 10.4 Å². The third kappa shape index (κ3) is 4.24. The Morgan fingerprint density at radius 1 is 1.29 bits per heavy atom. The summed E-state index contributed by atoms with van der Waals surface area (Å²) in [5.74, 6) is -0.703. The van der Waals surface area contributed by atoms with Gasteiger partial charge in [-0.05, 0) is 24.3 Å². The molecule has 144 valence electrons. The standard InChI is InChI=1S/C19H17ClN4O4/c1-27-16-9-12(8-13(20)18(16)28-10-17(21)25)19(26)23-14-4-2-3-5-15(14)24-7-6-22-11-24/h2-9,11H,10H2,1H3,(H2,21,25)(H,23,26). The van der Waals surface area contributed by atoms with E-state index in [0.29, 0.717) is 5.69 Å².